The van der Waals surface area contributed by atoms with Crippen LogP contribution in [0.3, 0.4) is 0 Å². The van der Waals surface area contributed by atoms with Crippen LogP contribution < -0.4 is 0 Å². The average Bonchev–Trinajstić information content (AvgIpc) is 2.64. The van der Waals surface area contributed by atoms with Gasteiger partial charge in [0.1, 0.15) is 5.03 Å². The minimum absolute atomic E-state index is 0.0349. The zero-order valence-corrected chi connectivity index (χ0v) is 11.6. The van der Waals surface area contributed by atoms with Gasteiger partial charge in [0.05, 0.1) is 5.57 Å². The summed E-state index contributed by atoms with van der Waals surface area (Å²) >= 11 is 6.03. The van der Waals surface area contributed by atoms with Crippen LogP contribution in [0, 0.1) is 0 Å². The van der Waals surface area contributed by atoms with Crippen molar-refractivity contribution < 1.29 is 9.59 Å². The lowest BCUT2D eigenvalue weighted by Gasteiger charge is -2.14. The van der Waals surface area contributed by atoms with Gasteiger partial charge in [-0.1, -0.05) is 61.7 Å². The maximum atomic E-state index is 12.3. The first-order valence-electron chi connectivity index (χ1n) is 6.48. The fraction of sp³-hybridized carbons (Fsp3) is 0.333. The largest absolute Gasteiger partial charge is 0.274 e. The Balaban J connectivity index is 2.22. The minimum Gasteiger partial charge on any atom is -0.274 e. The Hall–Kier alpha value is -1.61. The number of hydrogen-bond acceptors (Lipinski definition) is 2. The zero-order chi connectivity index (χ0) is 13.8. The van der Waals surface area contributed by atoms with Crippen LogP contribution in [0.25, 0.3) is 5.57 Å². The summed E-state index contributed by atoms with van der Waals surface area (Å²) < 4.78 is 0. The molecule has 1 aliphatic heterocycles. The first-order valence-corrected chi connectivity index (χ1v) is 6.86. The summed E-state index contributed by atoms with van der Waals surface area (Å²) in [4.78, 5) is 25.5. The standard InChI is InChI=1S/C15H16ClNO2/c1-2-3-7-10-17-14(18)12(13(16)15(17)19)11-8-5-4-6-9-11/h4-6,8-9H,2-3,7,10H2,1H3. The van der Waals surface area contributed by atoms with Crippen molar-refractivity contribution in [2.75, 3.05) is 6.54 Å². The van der Waals surface area contributed by atoms with Crippen LogP contribution in [0.2, 0.25) is 0 Å². The van der Waals surface area contributed by atoms with Gasteiger partial charge >= 0.3 is 0 Å². The molecule has 1 aliphatic rings. The molecule has 0 radical (unpaired) electrons. The van der Waals surface area contributed by atoms with E-state index >= 15 is 0 Å². The summed E-state index contributed by atoms with van der Waals surface area (Å²) in [6, 6.07) is 9.09. The summed E-state index contributed by atoms with van der Waals surface area (Å²) in [7, 11) is 0. The highest BCUT2D eigenvalue weighted by Gasteiger charge is 2.37. The number of carbonyl (C=O) groups is 2. The van der Waals surface area contributed by atoms with Gasteiger partial charge in [0.15, 0.2) is 0 Å². The van der Waals surface area contributed by atoms with E-state index < -0.39 is 0 Å². The molecule has 0 N–H and O–H groups in total. The molecule has 2 rings (SSSR count). The van der Waals surface area contributed by atoms with Crippen LogP contribution in [-0.4, -0.2) is 23.3 Å². The Morgan fingerprint density at radius 1 is 1.05 bits per heavy atom. The first-order chi connectivity index (χ1) is 9.16. The number of imide groups is 1. The second-order valence-corrected chi connectivity index (χ2v) is 4.90. The maximum Gasteiger partial charge on any atom is 0.273 e. The number of amides is 2. The molecule has 0 unspecified atom stereocenters. The molecule has 0 atom stereocenters. The molecule has 3 nitrogen and oxygen atoms in total. The fourth-order valence-corrected chi connectivity index (χ4v) is 2.42. The Kier molecular flexibility index (Phi) is 4.38. The van der Waals surface area contributed by atoms with E-state index in [1.54, 1.807) is 12.1 Å². The second-order valence-electron chi connectivity index (χ2n) is 4.52. The Bertz CT molecular complexity index is 522. The molecule has 0 saturated heterocycles. The molecular formula is C15H16ClNO2. The van der Waals surface area contributed by atoms with Gasteiger partial charge in [0.25, 0.3) is 11.8 Å². The van der Waals surface area contributed by atoms with E-state index in [2.05, 4.69) is 6.92 Å². The van der Waals surface area contributed by atoms with Crippen LogP contribution in [0.4, 0.5) is 0 Å². The molecule has 0 aliphatic carbocycles. The number of nitrogens with zero attached hydrogens (tertiary/aromatic N) is 1. The number of rotatable bonds is 5. The quantitative estimate of drug-likeness (QED) is 0.612. The van der Waals surface area contributed by atoms with Gasteiger partial charge in [0.2, 0.25) is 0 Å². The normalized spacial score (nSPS) is 15.6. The van der Waals surface area contributed by atoms with Gasteiger partial charge in [-0.25, -0.2) is 0 Å². The van der Waals surface area contributed by atoms with Crippen molar-refractivity contribution in [2.45, 2.75) is 26.2 Å². The van der Waals surface area contributed by atoms with Gasteiger partial charge in [-0.2, -0.15) is 0 Å². The highest BCUT2D eigenvalue weighted by Crippen LogP contribution is 2.31. The fourth-order valence-electron chi connectivity index (χ4n) is 2.12. The van der Waals surface area contributed by atoms with Crippen molar-refractivity contribution >= 4 is 29.0 Å². The van der Waals surface area contributed by atoms with Crippen molar-refractivity contribution in [3.05, 3.63) is 40.9 Å². The van der Waals surface area contributed by atoms with Crippen molar-refractivity contribution in [3.8, 4) is 0 Å². The lowest BCUT2D eigenvalue weighted by molar-refractivity contribution is -0.136. The third kappa shape index (κ3) is 2.71. The average molecular weight is 278 g/mol. The zero-order valence-electron chi connectivity index (χ0n) is 10.9. The molecule has 0 aromatic heterocycles. The van der Waals surface area contributed by atoms with E-state index in [1.807, 2.05) is 18.2 Å². The number of halogens is 1. The Morgan fingerprint density at radius 3 is 2.37 bits per heavy atom. The van der Waals surface area contributed by atoms with Crippen LogP contribution in [-0.2, 0) is 9.59 Å². The number of hydrogen-bond donors (Lipinski definition) is 0. The smallest absolute Gasteiger partial charge is 0.273 e. The van der Waals surface area contributed by atoms with Crippen molar-refractivity contribution in [3.63, 3.8) is 0 Å². The summed E-state index contributed by atoms with van der Waals surface area (Å²) in [5.74, 6) is -0.654. The number of benzene rings is 1. The van der Waals surface area contributed by atoms with E-state index in [0.29, 0.717) is 17.7 Å². The monoisotopic (exact) mass is 277 g/mol. The molecule has 0 saturated carbocycles. The topological polar surface area (TPSA) is 37.4 Å². The van der Waals surface area contributed by atoms with Crippen LogP contribution in [0.15, 0.2) is 35.4 Å². The third-order valence-corrected chi connectivity index (χ3v) is 3.51. The highest BCUT2D eigenvalue weighted by atomic mass is 35.5. The molecule has 1 heterocycles. The molecule has 19 heavy (non-hydrogen) atoms. The van der Waals surface area contributed by atoms with E-state index in [0.717, 1.165) is 19.3 Å². The van der Waals surface area contributed by atoms with Crippen molar-refractivity contribution in [1.29, 1.82) is 0 Å². The number of carbonyl (C=O) groups excluding carboxylic acids is 2. The predicted molar refractivity (Wildman–Crippen MR) is 75.5 cm³/mol. The Labute approximate surface area is 117 Å². The van der Waals surface area contributed by atoms with Crippen molar-refractivity contribution in [2.24, 2.45) is 0 Å². The van der Waals surface area contributed by atoms with E-state index in [4.69, 9.17) is 11.6 Å². The minimum atomic E-state index is -0.373. The van der Waals surface area contributed by atoms with Gasteiger partial charge < -0.3 is 0 Å². The van der Waals surface area contributed by atoms with Gasteiger partial charge in [0, 0.05) is 6.54 Å². The van der Waals surface area contributed by atoms with Crippen LogP contribution in [0.5, 0.6) is 0 Å². The maximum absolute atomic E-state index is 12.3. The molecule has 0 spiro atoms. The highest BCUT2D eigenvalue weighted by molar-refractivity contribution is 6.55. The lowest BCUT2D eigenvalue weighted by Crippen LogP contribution is -2.32. The third-order valence-electron chi connectivity index (χ3n) is 3.16. The predicted octanol–water partition coefficient (Wildman–Crippen LogP) is 3.20. The van der Waals surface area contributed by atoms with Gasteiger partial charge in [-0.05, 0) is 12.0 Å². The van der Waals surface area contributed by atoms with Crippen molar-refractivity contribution in [1.82, 2.24) is 4.90 Å². The van der Waals surface area contributed by atoms with E-state index in [9.17, 15) is 9.59 Å². The van der Waals surface area contributed by atoms with E-state index in [-0.39, 0.29) is 16.8 Å². The number of unbranched alkanes of at least 4 members (excludes halogenated alkanes) is 2. The Morgan fingerprint density at radius 2 is 1.74 bits per heavy atom. The molecule has 0 bridgehead atoms. The van der Waals surface area contributed by atoms with Crippen LogP contribution >= 0.6 is 11.6 Å². The lowest BCUT2D eigenvalue weighted by atomic mass is 10.1. The van der Waals surface area contributed by atoms with Gasteiger partial charge in [-0.3, -0.25) is 14.5 Å². The summed E-state index contributed by atoms with van der Waals surface area (Å²) in [6.45, 7) is 2.52. The summed E-state index contributed by atoms with van der Waals surface area (Å²) in [5.41, 5.74) is 1.02. The summed E-state index contributed by atoms with van der Waals surface area (Å²) in [6.07, 6.45) is 2.86. The summed E-state index contributed by atoms with van der Waals surface area (Å²) in [5, 5.41) is 0.0349. The molecule has 1 aromatic rings. The van der Waals surface area contributed by atoms with E-state index in [1.165, 1.54) is 4.90 Å². The SMILES string of the molecule is CCCCCN1C(=O)C(Cl)=C(c2ccccc2)C1=O. The first kappa shape index (κ1) is 13.8. The second kappa shape index (κ2) is 6.02. The van der Waals surface area contributed by atoms with Gasteiger partial charge in [-0.15, -0.1) is 0 Å². The molecular weight excluding hydrogens is 262 g/mol. The molecule has 1 aromatic carbocycles. The molecule has 2 amide bonds. The van der Waals surface area contributed by atoms with Crippen LogP contribution in [0.1, 0.15) is 31.7 Å². The molecule has 0 fully saturated rings. The molecule has 4 heteroatoms. The molecule has 100 valence electrons.